The van der Waals surface area contributed by atoms with Crippen LogP contribution >= 0.6 is 23.2 Å². The van der Waals surface area contributed by atoms with Crippen molar-refractivity contribution in [3.05, 3.63) is 69.0 Å². The van der Waals surface area contributed by atoms with Gasteiger partial charge in [-0.25, -0.2) is 4.39 Å². The van der Waals surface area contributed by atoms with Gasteiger partial charge in [-0.1, -0.05) is 48.3 Å². The summed E-state index contributed by atoms with van der Waals surface area (Å²) in [6.07, 6.45) is 0.554. The van der Waals surface area contributed by atoms with Crippen LogP contribution in [0.4, 0.5) is 4.39 Å². The second-order valence-corrected chi connectivity index (χ2v) is 7.30. The minimum absolute atomic E-state index is 0.117. The van der Waals surface area contributed by atoms with Crippen LogP contribution in [0.25, 0.3) is 5.76 Å². The smallest absolute Gasteiger partial charge is 0.295 e. The van der Waals surface area contributed by atoms with Gasteiger partial charge in [0.15, 0.2) is 5.75 Å². The van der Waals surface area contributed by atoms with Crippen LogP contribution in [-0.2, 0) is 9.59 Å². The molecule has 5 nitrogen and oxygen atoms in total. The minimum Gasteiger partial charge on any atom is -0.507 e. The number of hydrogen-bond acceptors (Lipinski definition) is 4. The second-order valence-electron chi connectivity index (χ2n) is 6.49. The summed E-state index contributed by atoms with van der Waals surface area (Å²) in [6.45, 7) is 2.06. The molecule has 0 aliphatic carbocycles. The SMILES string of the molecule is CCCN1C(=O)C(=O)/C(=C(/O)c2cc(Cl)c(OC)c(Cl)c2)C1c1ccccc1F. The Labute approximate surface area is 177 Å². The zero-order valence-corrected chi connectivity index (χ0v) is 17.2. The van der Waals surface area contributed by atoms with Gasteiger partial charge in [-0.2, -0.15) is 0 Å². The van der Waals surface area contributed by atoms with E-state index < -0.39 is 29.3 Å². The number of Topliss-reactive ketones (excluding diaryl/α,β-unsaturated/α-hetero) is 1. The van der Waals surface area contributed by atoms with Crippen LogP contribution in [-0.4, -0.2) is 35.4 Å². The molecule has 1 fully saturated rings. The lowest BCUT2D eigenvalue weighted by Gasteiger charge is -2.25. The largest absolute Gasteiger partial charge is 0.507 e. The lowest BCUT2D eigenvalue weighted by Crippen LogP contribution is -2.30. The number of rotatable bonds is 5. The van der Waals surface area contributed by atoms with Gasteiger partial charge in [-0.3, -0.25) is 9.59 Å². The number of hydrogen-bond donors (Lipinski definition) is 1. The molecule has 29 heavy (non-hydrogen) atoms. The molecule has 1 saturated heterocycles. The molecular formula is C21H18Cl2FNO4. The van der Waals surface area contributed by atoms with E-state index in [4.69, 9.17) is 27.9 Å². The molecule has 0 bridgehead atoms. The van der Waals surface area contributed by atoms with Gasteiger partial charge in [0.2, 0.25) is 0 Å². The molecule has 1 aliphatic rings. The van der Waals surface area contributed by atoms with Gasteiger partial charge in [-0.05, 0) is 24.6 Å². The van der Waals surface area contributed by atoms with E-state index in [1.807, 2.05) is 6.92 Å². The van der Waals surface area contributed by atoms with Crippen molar-refractivity contribution in [1.29, 1.82) is 0 Å². The molecule has 0 spiro atoms. The van der Waals surface area contributed by atoms with Crippen molar-refractivity contribution in [2.45, 2.75) is 19.4 Å². The number of methoxy groups -OCH3 is 1. The van der Waals surface area contributed by atoms with Gasteiger partial charge in [0, 0.05) is 17.7 Å². The van der Waals surface area contributed by atoms with Gasteiger partial charge in [-0.15, -0.1) is 0 Å². The van der Waals surface area contributed by atoms with Crippen molar-refractivity contribution >= 4 is 40.7 Å². The number of halogens is 3. The van der Waals surface area contributed by atoms with Crippen LogP contribution < -0.4 is 4.74 Å². The number of carbonyl (C=O) groups is 2. The molecule has 0 aromatic heterocycles. The van der Waals surface area contributed by atoms with Gasteiger partial charge in [0.25, 0.3) is 11.7 Å². The Morgan fingerprint density at radius 1 is 1.21 bits per heavy atom. The summed E-state index contributed by atoms with van der Waals surface area (Å²) in [5.41, 5.74) is 0.0230. The number of carbonyl (C=O) groups excluding carboxylic acids is 2. The molecule has 1 unspecified atom stereocenters. The normalized spacial score (nSPS) is 18.4. The van der Waals surface area contributed by atoms with Crippen molar-refractivity contribution in [3.8, 4) is 5.75 Å². The quantitative estimate of drug-likeness (QED) is 0.407. The molecule has 2 aromatic carbocycles. The lowest BCUT2D eigenvalue weighted by molar-refractivity contribution is -0.139. The Morgan fingerprint density at radius 3 is 2.38 bits per heavy atom. The molecule has 0 radical (unpaired) electrons. The highest BCUT2D eigenvalue weighted by atomic mass is 35.5. The average Bonchev–Trinajstić information content (AvgIpc) is 2.93. The summed E-state index contributed by atoms with van der Waals surface area (Å²) in [5, 5.41) is 11.2. The average molecular weight is 438 g/mol. The number of amides is 1. The summed E-state index contributed by atoms with van der Waals surface area (Å²) in [4.78, 5) is 26.6. The molecule has 152 valence electrons. The summed E-state index contributed by atoms with van der Waals surface area (Å²) in [5.74, 6) is -2.56. The zero-order chi connectivity index (χ0) is 21.3. The Hall–Kier alpha value is -2.57. The Balaban J connectivity index is 2.25. The maximum absolute atomic E-state index is 14.6. The van der Waals surface area contributed by atoms with E-state index in [1.165, 1.54) is 42.3 Å². The lowest BCUT2D eigenvalue weighted by atomic mass is 9.95. The van der Waals surface area contributed by atoms with E-state index >= 15 is 0 Å². The van der Waals surface area contributed by atoms with Crippen LogP contribution in [0, 0.1) is 5.82 Å². The Kier molecular flexibility index (Phi) is 6.15. The maximum Gasteiger partial charge on any atom is 0.295 e. The first kappa shape index (κ1) is 21.1. The summed E-state index contributed by atoms with van der Waals surface area (Å²) >= 11 is 12.3. The molecule has 1 atom stereocenters. The van der Waals surface area contributed by atoms with Gasteiger partial charge < -0.3 is 14.7 Å². The zero-order valence-electron chi connectivity index (χ0n) is 15.7. The molecule has 2 aromatic rings. The molecule has 0 saturated carbocycles. The third-order valence-electron chi connectivity index (χ3n) is 4.68. The fourth-order valence-corrected chi connectivity index (χ4v) is 4.06. The van der Waals surface area contributed by atoms with Crippen molar-refractivity contribution in [1.82, 2.24) is 4.90 Å². The fourth-order valence-electron chi connectivity index (χ4n) is 3.42. The number of aliphatic hydroxyl groups is 1. The van der Waals surface area contributed by atoms with E-state index in [1.54, 1.807) is 6.07 Å². The second kappa shape index (κ2) is 8.43. The summed E-state index contributed by atoms with van der Waals surface area (Å²) in [7, 11) is 1.39. The minimum atomic E-state index is -1.06. The number of aliphatic hydroxyl groups excluding tert-OH is 1. The molecule has 1 heterocycles. The van der Waals surface area contributed by atoms with E-state index in [0.29, 0.717) is 6.42 Å². The van der Waals surface area contributed by atoms with E-state index in [-0.39, 0.29) is 39.0 Å². The van der Waals surface area contributed by atoms with Gasteiger partial charge in [0.1, 0.15) is 11.6 Å². The highest BCUT2D eigenvalue weighted by molar-refractivity contribution is 6.46. The number of likely N-dealkylation sites (tertiary alicyclic amines) is 1. The maximum atomic E-state index is 14.6. The molecule has 1 N–H and O–H groups in total. The number of ether oxygens (including phenoxy) is 1. The van der Waals surface area contributed by atoms with Crippen LogP contribution in [0.2, 0.25) is 10.0 Å². The Morgan fingerprint density at radius 2 is 1.83 bits per heavy atom. The standard InChI is InChI=1S/C21H18Cl2FNO4/c1-3-8-25-17(12-6-4-5-7-15(12)24)16(19(27)21(25)28)18(26)11-9-13(22)20(29-2)14(23)10-11/h4-7,9-10,17,26H,3,8H2,1-2H3/b18-16+. The summed E-state index contributed by atoms with van der Waals surface area (Å²) < 4.78 is 19.7. The third kappa shape index (κ3) is 3.70. The van der Waals surface area contributed by atoms with Crippen LogP contribution in [0.5, 0.6) is 5.75 Å². The number of benzene rings is 2. The van der Waals surface area contributed by atoms with Gasteiger partial charge >= 0.3 is 0 Å². The van der Waals surface area contributed by atoms with Crippen LogP contribution in [0.1, 0.15) is 30.5 Å². The monoisotopic (exact) mass is 437 g/mol. The first-order valence-electron chi connectivity index (χ1n) is 8.88. The highest BCUT2D eigenvalue weighted by Crippen LogP contribution is 2.42. The molecular weight excluding hydrogens is 420 g/mol. The summed E-state index contributed by atoms with van der Waals surface area (Å²) in [6, 6.07) is 7.51. The highest BCUT2D eigenvalue weighted by Gasteiger charge is 2.46. The van der Waals surface area contributed by atoms with Crippen LogP contribution in [0.3, 0.4) is 0 Å². The van der Waals surface area contributed by atoms with Gasteiger partial charge in [0.05, 0.1) is 28.8 Å². The number of ketones is 1. The number of nitrogens with zero attached hydrogens (tertiary/aromatic N) is 1. The van der Waals surface area contributed by atoms with Crippen molar-refractivity contribution in [3.63, 3.8) is 0 Å². The molecule has 3 rings (SSSR count). The predicted octanol–water partition coefficient (Wildman–Crippen LogP) is 4.97. The van der Waals surface area contributed by atoms with Crippen molar-refractivity contribution < 1.29 is 23.8 Å². The first-order valence-corrected chi connectivity index (χ1v) is 9.63. The third-order valence-corrected chi connectivity index (χ3v) is 5.24. The topological polar surface area (TPSA) is 66.8 Å². The molecule has 1 aliphatic heterocycles. The van der Waals surface area contributed by atoms with Crippen molar-refractivity contribution in [2.24, 2.45) is 0 Å². The predicted molar refractivity (Wildman–Crippen MR) is 109 cm³/mol. The van der Waals surface area contributed by atoms with Crippen molar-refractivity contribution in [2.75, 3.05) is 13.7 Å². The van der Waals surface area contributed by atoms with E-state index in [9.17, 15) is 19.1 Å². The first-order chi connectivity index (χ1) is 13.8. The molecule has 8 heteroatoms. The molecule has 1 amide bonds. The van der Waals surface area contributed by atoms with E-state index in [0.717, 1.165) is 0 Å². The van der Waals surface area contributed by atoms with E-state index in [2.05, 4.69) is 0 Å². The Bertz CT molecular complexity index is 998. The fraction of sp³-hybridized carbons (Fsp3) is 0.238. The van der Waals surface area contributed by atoms with Crippen LogP contribution in [0.15, 0.2) is 42.0 Å².